The van der Waals surface area contributed by atoms with Gasteiger partial charge < -0.3 is 10.4 Å². The second-order valence-electron chi connectivity index (χ2n) is 4.60. The topological polar surface area (TPSA) is 69.6 Å². The molecule has 1 amide bonds. The maximum Gasteiger partial charge on any atom is 0.303 e. The number of para-hydroxylation sites is 1. The molecule has 0 radical (unpaired) electrons. The number of likely N-dealkylation sites (N-methyl/N-ethyl adjacent to an activating group) is 1. The Kier molecular flexibility index (Phi) is 6.02. The van der Waals surface area contributed by atoms with Crippen LogP contribution in [0.1, 0.15) is 18.4 Å². The molecular formula is C14H20N2O3. The second kappa shape index (κ2) is 7.53. The lowest BCUT2D eigenvalue weighted by Gasteiger charge is -2.16. The first kappa shape index (κ1) is 15.2. The third-order valence-corrected chi connectivity index (χ3v) is 2.76. The smallest absolute Gasteiger partial charge is 0.303 e. The molecule has 2 N–H and O–H groups in total. The van der Waals surface area contributed by atoms with Gasteiger partial charge in [-0.15, -0.1) is 0 Å². The highest BCUT2D eigenvalue weighted by molar-refractivity contribution is 5.92. The average molecular weight is 264 g/mol. The summed E-state index contributed by atoms with van der Waals surface area (Å²) in [6, 6.07) is 7.59. The summed E-state index contributed by atoms with van der Waals surface area (Å²) in [5.74, 6) is -0.898. The Labute approximate surface area is 113 Å². The molecule has 0 saturated carbocycles. The minimum Gasteiger partial charge on any atom is -0.481 e. The van der Waals surface area contributed by atoms with Crippen molar-refractivity contribution in [3.8, 4) is 0 Å². The van der Waals surface area contributed by atoms with Crippen molar-refractivity contribution in [2.24, 2.45) is 0 Å². The van der Waals surface area contributed by atoms with Gasteiger partial charge in [0, 0.05) is 12.1 Å². The average Bonchev–Trinajstić information content (AvgIpc) is 2.31. The van der Waals surface area contributed by atoms with Crippen LogP contribution < -0.4 is 5.32 Å². The highest BCUT2D eigenvalue weighted by atomic mass is 16.4. The Balaban J connectivity index is 2.35. The molecule has 0 unspecified atom stereocenters. The van der Waals surface area contributed by atoms with Gasteiger partial charge in [0.2, 0.25) is 5.91 Å². The van der Waals surface area contributed by atoms with Crippen LogP contribution in [0, 0.1) is 6.92 Å². The zero-order valence-corrected chi connectivity index (χ0v) is 11.3. The monoisotopic (exact) mass is 264 g/mol. The van der Waals surface area contributed by atoms with E-state index in [9.17, 15) is 9.59 Å². The van der Waals surface area contributed by atoms with Crippen molar-refractivity contribution in [2.45, 2.75) is 19.8 Å². The Bertz CT molecular complexity index is 446. The molecule has 0 fully saturated rings. The van der Waals surface area contributed by atoms with E-state index in [0.29, 0.717) is 13.0 Å². The molecule has 0 aliphatic carbocycles. The number of aryl methyl sites for hydroxylation is 1. The predicted molar refractivity (Wildman–Crippen MR) is 74.2 cm³/mol. The van der Waals surface area contributed by atoms with Gasteiger partial charge in [-0.25, -0.2) is 0 Å². The van der Waals surface area contributed by atoms with Crippen LogP contribution in [0.3, 0.4) is 0 Å². The molecule has 0 spiro atoms. The molecule has 0 atom stereocenters. The first-order valence-electron chi connectivity index (χ1n) is 6.25. The fourth-order valence-electron chi connectivity index (χ4n) is 1.73. The van der Waals surface area contributed by atoms with E-state index >= 15 is 0 Å². The molecule has 19 heavy (non-hydrogen) atoms. The molecule has 1 rings (SSSR count). The summed E-state index contributed by atoms with van der Waals surface area (Å²) < 4.78 is 0. The van der Waals surface area contributed by atoms with Crippen LogP contribution in [0.15, 0.2) is 24.3 Å². The number of carbonyl (C=O) groups is 2. The number of amides is 1. The van der Waals surface area contributed by atoms with Gasteiger partial charge in [-0.05, 0) is 38.6 Å². The third-order valence-electron chi connectivity index (χ3n) is 2.76. The lowest BCUT2D eigenvalue weighted by molar-refractivity contribution is -0.137. The number of hydrogen-bond acceptors (Lipinski definition) is 3. The number of carboxylic acids is 1. The number of benzene rings is 1. The number of rotatable bonds is 7. The fourth-order valence-corrected chi connectivity index (χ4v) is 1.73. The van der Waals surface area contributed by atoms with Gasteiger partial charge in [0.05, 0.1) is 6.54 Å². The molecule has 0 saturated heterocycles. The maximum atomic E-state index is 11.8. The number of hydrogen-bond donors (Lipinski definition) is 2. The van der Waals surface area contributed by atoms with Crippen molar-refractivity contribution >= 4 is 17.6 Å². The van der Waals surface area contributed by atoms with E-state index in [4.69, 9.17) is 5.11 Å². The van der Waals surface area contributed by atoms with Gasteiger partial charge in [-0.3, -0.25) is 14.5 Å². The fraction of sp³-hybridized carbons (Fsp3) is 0.429. The quantitative estimate of drug-likeness (QED) is 0.787. The van der Waals surface area contributed by atoms with E-state index in [0.717, 1.165) is 11.3 Å². The van der Waals surface area contributed by atoms with Crippen molar-refractivity contribution in [3.63, 3.8) is 0 Å². The second-order valence-corrected chi connectivity index (χ2v) is 4.60. The number of nitrogens with zero attached hydrogens (tertiary/aromatic N) is 1. The van der Waals surface area contributed by atoms with Crippen LogP contribution in [0.25, 0.3) is 0 Å². The van der Waals surface area contributed by atoms with Gasteiger partial charge >= 0.3 is 5.97 Å². The molecule has 0 aliphatic heterocycles. The van der Waals surface area contributed by atoms with Crippen molar-refractivity contribution in [1.29, 1.82) is 0 Å². The van der Waals surface area contributed by atoms with Gasteiger partial charge in [0.1, 0.15) is 0 Å². The van der Waals surface area contributed by atoms with Crippen LogP contribution in [-0.2, 0) is 9.59 Å². The minimum atomic E-state index is -0.808. The molecule has 0 bridgehead atoms. The summed E-state index contributed by atoms with van der Waals surface area (Å²) in [4.78, 5) is 24.0. The van der Waals surface area contributed by atoms with E-state index in [2.05, 4.69) is 5.32 Å². The summed E-state index contributed by atoms with van der Waals surface area (Å²) in [6.07, 6.45) is 0.674. The third kappa shape index (κ3) is 6.01. The molecule has 1 aromatic carbocycles. The lowest BCUT2D eigenvalue weighted by Crippen LogP contribution is -2.31. The van der Waals surface area contributed by atoms with Crippen LogP contribution >= 0.6 is 0 Å². The maximum absolute atomic E-state index is 11.8. The Morgan fingerprint density at radius 3 is 2.63 bits per heavy atom. The summed E-state index contributed by atoms with van der Waals surface area (Å²) in [6.45, 7) is 2.79. The molecule has 5 heteroatoms. The number of carbonyl (C=O) groups excluding carboxylic acids is 1. The van der Waals surface area contributed by atoms with E-state index in [-0.39, 0.29) is 18.9 Å². The van der Waals surface area contributed by atoms with Crippen molar-refractivity contribution in [3.05, 3.63) is 29.8 Å². The minimum absolute atomic E-state index is 0.0906. The highest BCUT2D eigenvalue weighted by Gasteiger charge is 2.08. The van der Waals surface area contributed by atoms with Gasteiger partial charge in [0.15, 0.2) is 0 Å². The molecular weight excluding hydrogens is 244 g/mol. The number of nitrogens with one attached hydrogen (secondary N) is 1. The lowest BCUT2D eigenvalue weighted by atomic mass is 10.2. The summed E-state index contributed by atoms with van der Waals surface area (Å²) >= 11 is 0. The van der Waals surface area contributed by atoms with E-state index in [1.54, 1.807) is 7.05 Å². The first-order valence-corrected chi connectivity index (χ1v) is 6.25. The normalized spacial score (nSPS) is 10.5. The predicted octanol–water partition coefficient (Wildman–Crippen LogP) is 1.73. The molecule has 5 nitrogen and oxygen atoms in total. The summed E-state index contributed by atoms with van der Waals surface area (Å²) in [5, 5.41) is 11.4. The van der Waals surface area contributed by atoms with Gasteiger partial charge in [-0.2, -0.15) is 0 Å². The molecule has 0 aromatic heterocycles. The number of carboxylic acid groups (broad SMARTS) is 1. The Morgan fingerprint density at radius 2 is 2.00 bits per heavy atom. The van der Waals surface area contributed by atoms with Crippen LogP contribution in [0.2, 0.25) is 0 Å². The van der Waals surface area contributed by atoms with Gasteiger partial charge in [-0.1, -0.05) is 18.2 Å². The Hall–Kier alpha value is -1.88. The van der Waals surface area contributed by atoms with Crippen LogP contribution in [-0.4, -0.2) is 42.0 Å². The SMILES string of the molecule is Cc1ccccc1NC(=O)CN(C)CCCC(=O)O. The number of anilines is 1. The standard InChI is InChI=1S/C14H20N2O3/c1-11-6-3-4-7-12(11)15-13(17)10-16(2)9-5-8-14(18)19/h3-4,6-7H,5,8-10H2,1-2H3,(H,15,17)(H,18,19). The summed E-state index contributed by atoms with van der Waals surface area (Å²) in [5.41, 5.74) is 1.83. The first-order chi connectivity index (χ1) is 8.99. The molecule has 0 aliphatic rings. The zero-order valence-electron chi connectivity index (χ0n) is 11.3. The van der Waals surface area contributed by atoms with Gasteiger partial charge in [0.25, 0.3) is 0 Å². The molecule has 1 aromatic rings. The number of aliphatic carboxylic acids is 1. The zero-order chi connectivity index (χ0) is 14.3. The van der Waals surface area contributed by atoms with E-state index in [1.807, 2.05) is 36.1 Å². The van der Waals surface area contributed by atoms with Crippen molar-refractivity contribution < 1.29 is 14.7 Å². The largest absolute Gasteiger partial charge is 0.481 e. The van der Waals surface area contributed by atoms with Crippen LogP contribution in [0.4, 0.5) is 5.69 Å². The molecule has 0 heterocycles. The van der Waals surface area contributed by atoms with Crippen molar-refractivity contribution in [2.75, 3.05) is 25.5 Å². The Morgan fingerprint density at radius 1 is 1.32 bits per heavy atom. The highest BCUT2D eigenvalue weighted by Crippen LogP contribution is 2.12. The van der Waals surface area contributed by atoms with E-state index < -0.39 is 5.97 Å². The molecule has 104 valence electrons. The van der Waals surface area contributed by atoms with Crippen molar-refractivity contribution in [1.82, 2.24) is 4.90 Å². The van der Waals surface area contributed by atoms with E-state index in [1.165, 1.54) is 0 Å². The summed E-state index contributed by atoms with van der Waals surface area (Å²) in [7, 11) is 1.80. The van der Waals surface area contributed by atoms with Crippen LogP contribution in [0.5, 0.6) is 0 Å².